The Hall–Kier alpha value is -1.33. The van der Waals surface area contributed by atoms with E-state index in [2.05, 4.69) is 46.4 Å². The molecular weight excluding hydrogens is 280 g/mol. The summed E-state index contributed by atoms with van der Waals surface area (Å²) in [4.78, 5) is 0. The molecule has 0 amide bonds. The highest BCUT2D eigenvalue weighted by Crippen LogP contribution is 2.36. The number of para-hydroxylation sites is 1. The Morgan fingerprint density at radius 2 is 2.24 bits per heavy atom. The molecule has 0 spiro atoms. The lowest BCUT2D eigenvalue weighted by Gasteiger charge is -2.24. The van der Waals surface area contributed by atoms with E-state index in [1.54, 1.807) is 0 Å². The number of nitrogens with zero attached hydrogens (tertiary/aromatic N) is 3. The second-order valence-corrected chi connectivity index (χ2v) is 6.74. The van der Waals surface area contributed by atoms with Gasteiger partial charge in [0, 0.05) is 5.25 Å². The highest BCUT2D eigenvalue weighted by atomic mass is 32.2. The number of thioether (sulfide) groups is 1. The van der Waals surface area contributed by atoms with Gasteiger partial charge in [-0.2, -0.15) is 11.8 Å². The predicted molar refractivity (Wildman–Crippen MR) is 87.9 cm³/mol. The Kier molecular flexibility index (Phi) is 4.93. The maximum atomic E-state index is 4.30. The van der Waals surface area contributed by atoms with Crippen LogP contribution in [0.2, 0.25) is 0 Å². The van der Waals surface area contributed by atoms with Crippen molar-refractivity contribution in [3.8, 4) is 5.69 Å². The summed E-state index contributed by atoms with van der Waals surface area (Å²) in [6.07, 6.45) is 5.64. The molecule has 0 aliphatic carbocycles. The van der Waals surface area contributed by atoms with Crippen molar-refractivity contribution in [2.75, 3.05) is 12.3 Å². The van der Waals surface area contributed by atoms with E-state index in [1.165, 1.54) is 24.3 Å². The molecule has 21 heavy (non-hydrogen) atoms. The summed E-state index contributed by atoms with van der Waals surface area (Å²) in [6.45, 7) is 3.24. The third-order valence-electron chi connectivity index (χ3n) is 3.85. The van der Waals surface area contributed by atoms with Gasteiger partial charge in [0.25, 0.3) is 0 Å². The monoisotopic (exact) mass is 302 g/mol. The van der Waals surface area contributed by atoms with Crippen LogP contribution in [0.15, 0.2) is 36.5 Å². The van der Waals surface area contributed by atoms with E-state index in [1.807, 2.05) is 29.1 Å². The minimum atomic E-state index is 0.327. The van der Waals surface area contributed by atoms with E-state index in [4.69, 9.17) is 0 Å². The zero-order valence-corrected chi connectivity index (χ0v) is 13.2. The summed E-state index contributed by atoms with van der Waals surface area (Å²) in [5, 5.41) is 12.8. The number of aromatic nitrogens is 3. The Morgan fingerprint density at radius 1 is 1.38 bits per heavy atom. The van der Waals surface area contributed by atoms with Gasteiger partial charge in [0.15, 0.2) is 0 Å². The van der Waals surface area contributed by atoms with Gasteiger partial charge in [-0.15, -0.1) is 5.10 Å². The molecule has 2 heterocycles. The maximum Gasteiger partial charge on any atom is 0.0826 e. The zero-order valence-electron chi connectivity index (χ0n) is 12.4. The maximum absolute atomic E-state index is 4.30. The fraction of sp³-hybridized carbons (Fsp3) is 0.500. The number of hydrogen-bond acceptors (Lipinski definition) is 4. The van der Waals surface area contributed by atoms with E-state index in [0.717, 1.165) is 18.7 Å². The van der Waals surface area contributed by atoms with Crippen molar-refractivity contribution in [2.45, 2.75) is 37.5 Å². The van der Waals surface area contributed by atoms with Crippen LogP contribution in [-0.2, 0) is 0 Å². The molecule has 1 aliphatic rings. The van der Waals surface area contributed by atoms with Gasteiger partial charge in [0.1, 0.15) is 0 Å². The summed E-state index contributed by atoms with van der Waals surface area (Å²) >= 11 is 2.07. The quantitative estimate of drug-likeness (QED) is 0.890. The minimum absolute atomic E-state index is 0.327. The highest BCUT2D eigenvalue weighted by Gasteiger charge is 2.29. The molecule has 112 valence electrons. The van der Waals surface area contributed by atoms with Crippen LogP contribution in [0.5, 0.6) is 0 Å². The Bertz CT molecular complexity index is 548. The summed E-state index contributed by atoms with van der Waals surface area (Å²) in [7, 11) is 0. The first-order valence-corrected chi connectivity index (χ1v) is 8.76. The molecule has 0 bridgehead atoms. The van der Waals surface area contributed by atoms with Crippen molar-refractivity contribution in [3.63, 3.8) is 0 Å². The van der Waals surface area contributed by atoms with Crippen LogP contribution in [-0.4, -0.2) is 32.5 Å². The van der Waals surface area contributed by atoms with Gasteiger partial charge in [0.05, 0.1) is 23.6 Å². The SMILES string of the molecule is CCCNC(c1cnnn1-c1ccccc1)C1CCCS1. The van der Waals surface area contributed by atoms with Gasteiger partial charge in [0.2, 0.25) is 0 Å². The van der Waals surface area contributed by atoms with E-state index < -0.39 is 0 Å². The lowest BCUT2D eigenvalue weighted by molar-refractivity contribution is 0.482. The van der Waals surface area contributed by atoms with Crippen molar-refractivity contribution in [3.05, 3.63) is 42.2 Å². The van der Waals surface area contributed by atoms with E-state index in [-0.39, 0.29) is 0 Å². The number of benzene rings is 1. The second-order valence-electron chi connectivity index (χ2n) is 5.39. The summed E-state index contributed by atoms with van der Waals surface area (Å²) in [6, 6.07) is 10.6. The molecule has 2 atom stereocenters. The van der Waals surface area contributed by atoms with Gasteiger partial charge < -0.3 is 5.32 Å². The molecule has 4 nitrogen and oxygen atoms in total. The van der Waals surface area contributed by atoms with Crippen molar-refractivity contribution < 1.29 is 0 Å². The third kappa shape index (κ3) is 3.30. The second kappa shape index (κ2) is 7.09. The van der Waals surface area contributed by atoms with Gasteiger partial charge in [-0.3, -0.25) is 0 Å². The van der Waals surface area contributed by atoms with Crippen molar-refractivity contribution in [1.29, 1.82) is 0 Å². The molecule has 1 fully saturated rings. The molecule has 1 aromatic carbocycles. The fourth-order valence-electron chi connectivity index (χ4n) is 2.82. The van der Waals surface area contributed by atoms with Crippen LogP contribution in [0.1, 0.15) is 37.9 Å². The molecule has 3 rings (SSSR count). The molecular formula is C16H22N4S. The molecule has 1 N–H and O–H groups in total. The smallest absolute Gasteiger partial charge is 0.0826 e. The van der Waals surface area contributed by atoms with Crippen LogP contribution >= 0.6 is 11.8 Å². The summed E-state index contributed by atoms with van der Waals surface area (Å²) in [5.74, 6) is 1.27. The van der Waals surface area contributed by atoms with Crippen LogP contribution in [0.3, 0.4) is 0 Å². The van der Waals surface area contributed by atoms with E-state index in [9.17, 15) is 0 Å². The van der Waals surface area contributed by atoms with Crippen molar-refractivity contribution in [1.82, 2.24) is 20.3 Å². The molecule has 0 saturated carbocycles. The normalized spacial score (nSPS) is 19.8. The molecule has 2 aromatic rings. The van der Waals surface area contributed by atoms with Crippen LogP contribution < -0.4 is 5.32 Å². The van der Waals surface area contributed by atoms with Crippen molar-refractivity contribution in [2.24, 2.45) is 0 Å². The molecule has 0 radical (unpaired) electrons. The lowest BCUT2D eigenvalue weighted by Crippen LogP contribution is -2.31. The lowest BCUT2D eigenvalue weighted by atomic mass is 10.1. The van der Waals surface area contributed by atoms with Gasteiger partial charge in [-0.05, 0) is 43.7 Å². The van der Waals surface area contributed by atoms with Gasteiger partial charge in [-0.1, -0.05) is 30.3 Å². The number of nitrogens with one attached hydrogen (secondary N) is 1. The molecule has 2 unspecified atom stereocenters. The predicted octanol–water partition coefficient (Wildman–Crippen LogP) is 3.20. The van der Waals surface area contributed by atoms with Crippen LogP contribution in [0.4, 0.5) is 0 Å². The average molecular weight is 302 g/mol. The Labute approximate surface area is 130 Å². The number of rotatable bonds is 6. The van der Waals surface area contributed by atoms with Crippen LogP contribution in [0.25, 0.3) is 5.69 Å². The summed E-state index contributed by atoms with van der Waals surface area (Å²) in [5.41, 5.74) is 2.25. The van der Waals surface area contributed by atoms with E-state index in [0.29, 0.717) is 11.3 Å². The van der Waals surface area contributed by atoms with Gasteiger partial charge >= 0.3 is 0 Å². The first-order chi connectivity index (χ1) is 10.4. The van der Waals surface area contributed by atoms with E-state index >= 15 is 0 Å². The first-order valence-electron chi connectivity index (χ1n) is 7.71. The molecule has 5 heteroatoms. The highest BCUT2D eigenvalue weighted by molar-refractivity contribution is 8.00. The molecule has 1 saturated heterocycles. The van der Waals surface area contributed by atoms with Crippen LogP contribution in [0, 0.1) is 0 Å². The van der Waals surface area contributed by atoms with Crippen molar-refractivity contribution >= 4 is 11.8 Å². The third-order valence-corrected chi connectivity index (χ3v) is 5.31. The Morgan fingerprint density at radius 3 is 2.95 bits per heavy atom. The fourth-order valence-corrected chi connectivity index (χ4v) is 4.21. The minimum Gasteiger partial charge on any atom is -0.308 e. The standard InChI is InChI=1S/C16H22N4S/c1-2-10-17-16(15-9-6-11-21-15)14-12-18-19-20(14)13-7-4-3-5-8-13/h3-5,7-8,12,15-17H,2,6,9-11H2,1H3. The molecule has 1 aliphatic heterocycles. The zero-order chi connectivity index (χ0) is 14.5. The molecule has 1 aromatic heterocycles. The summed E-state index contributed by atoms with van der Waals surface area (Å²) < 4.78 is 1.98. The number of hydrogen-bond donors (Lipinski definition) is 1. The topological polar surface area (TPSA) is 42.7 Å². The van der Waals surface area contributed by atoms with Gasteiger partial charge in [-0.25, -0.2) is 4.68 Å². The Balaban J connectivity index is 1.90. The largest absolute Gasteiger partial charge is 0.308 e. The first kappa shape index (κ1) is 14.6. The average Bonchev–Trinajstić information content (AvgIpc) is 3.20.